The number of rotatable bonds is 3. The first-order chi connectivity index (χ1) is 7.63. The van der Waals surface area contributed by atoms with Crippen LogP contribution in [-0.4, -0.2) is 27.3 Å². The maximum Gasteiger partial charge on any atom is 0.106 e. The Labute approximate surface area is 102 Å². The summed E-state index contributed by atoms with van der Waals surface area (Å²) in [6.45, 7) is 2.65. The average molecular weight is 284 g/mol. The number of benzene rings is 1. The highest BCUT2D eigenvalue weighted by Crippen LogP contribution is 2.24. The van der Waals surface area contributed by atoms with E-state index in [1.54, 1.807) is 0 Å². The van der Waals surface area contributed by atoms with Crippen LogP contribution in [-0.2, 0) is 6.54 Å². The Morgan fingerprint density at radius 3 is 3.00 bits per heavy atom. The van der Waals surface area contributed by atoms with Crippen molar-refractivity contribution in [2.45, 2.75) is 19.6 Å². The van der Waals surface area contributed by atoms with E-state index in [-0.39, 0.29) is 6.54 Å². The zero-order valence-electron chi connectivity index (χ0n) is 9.02. The van der Waals surface area contributed by atoms with Crippen LogP contribution < -0.4 is 5.73 Å². The number of nitrogens with zero attached hydrogens (tertiary/aromatic N) is 2. The minimum Gasteiger partial charge on any atom is -0.390 e. The van der Waals surface area contributed by atoms with E-state index in [4.69, 9.17) is 5.73 Å². The van der Waals surface area contributed by atoms with E-state index < -0.39 is 6.10 Å². The van der Waals surface area contributed by atoms with Crippen molar-refractivity contribution in [2.24, 2.45) is 5.73 Å². The van der Waals surface area contributed by atoms with Crippen molar-refractivity contribution in [1.82, 2.24) is 9.55 Å². The Morgan fingerprint density at radius 2 is 2.31 bits per heavy atom. The van der Waals surface area contributed by atoms with Gasteiger partial charge in [-0.3, -0.25) is 0 Å². The molecule has 0 aliphatic heterocycles. The monoisotopic (exact) mass is 283 g/mol. The topological polar surface area (TPSA) is 64.1 Å². The molecule has 1 heterocycles. The molecule has 1 unspecified atom stereocenters. The summed E-state index contributed by atoms with van der Waals surface area (Å²) in [5, 5.41) is 9.62. The largest absolute Gasteiger partial charge is 0.390 e. The van der Waals surface area contributed by atoms with Crippen molar-refractivity contribution >= 4 is 27.0 Å². The predicted octanol–water partition coefficient (Wildman–Crippen LogP) is 1.43. The molecule has 0 fully saturated rings. The Morgan fingerprint density at radius 1 is 1.56 bits per heavy atom. The van der Waals surface area contributed by atoms with Gasteiger partial charge >= 0.3 is 0 Å². The summed E-state index contributed by atoms with van der Waals surface area (Å²) in [6, 6.07) is 5.87. The molecule has 2 rings (SSSR count). The summed E-state index contributed by atoms with van der Waals surface area (Å²) in [6.07, 6.45) is -0.539. The maximum absolute atomic E-state index is 9.62. The lowest BCUT2D eigenvalue weighted by Gasteiger charge is -2.11. The normalized spacial score (nSPS) is 13.2. The Balaban J connectivity index is 2.54. The summed E-state index contributed by atoms with van der Waals surface area (Å²) < 4.78 is 2.96. The van der Waals surface area contributed by atoms with Gasteiger partial charge in [0, 0.05) is 11.0 Å². The number of aromatic nitrogens is 2. The van der Waals surface area contributed by atoms with Gasteiger partial charge in [-0.05, 0) is 35.0 Å². The van der Waals surface area contributed by atoms with Gasteiger partial charge in [0.05, 0.1) is 23.7 Å². The van der Waals surface area contributed by atoms with Gasteiger partial charge in [-0.2, -0.15) is 0 Å². The highest BCUT2D eigenvalue weighted by molar-refractivity contribution is 9.10. The molecule has 16 heavy (non-hydrogen) atoms. The highest BCUT2D eigenvalue weighted by atomic mass is 79.9. The molecule has 1 atom stereocenters. The third kappa shape index (κ3) is 1.98. The summed E-state index contributed by atoms with van der Waals surface area (Å²) in [7, 11) is 0. The van der Waals surface area contributed by atoms with Crippen LogP contribution in [0.25, 0.3) is 11.0 Å². The lowest BCUT2D eigenvalue weighted by atomic mass is 10.3. The number of nitrogens with two attached hydrogens (primary N) is 1. The van der Waals surface area contributed by atoms with Crippen LogP contribution in [0.15, 0.2) is 22.7 Å². The van der Waals surface area contributed by atoms with Gasteiger partial charge in [-0.25, -0.2) is 4.98 Å². The van der Waals surface area contributed by atoms with E-state index in [1.165, 1.54) is 0 Å². The molecule has 5 heteroatoms. The maximum atomic E-state index is 9.62. The van der Waals surface area contributed by atoms with Gasteiger partial charge in [0.15, 0.2) is 0 Å². The quantitative estimate of drug-likeness (QED) is 0.896. The fourth-order valence-corrected chi connectivity index (χ4v) is 2.34. The molecule has 0 bridgehead atoms. The molecular weight excluding hydrogens is 270 g/mol. The molecule has 1 aromatic carbocycles. The van der Waals surface area contributed by atoms with Crippen LogP contribution in [0, 0.1) is 6.92 Å². The third-order valence-electron chi connectivity index (χ3n) is 2.57. The van der Waals surface area contributed by atoms with Crippen molar-refractivity contribution in [2.75, 3.05) is 6.54 Å². The second-order valence-electron chi connectivity index (χ2n) is 3.77. The van der Waals surface area contributed by atoms with Gasteiger partial charge in [-0.1, -0.05) is 6.07 Å². The number of aliphatic hydroxyl groups is 1. The summed E-state index contributed by atoms with van der Waals surface area (Å²) >= 11 is 3.50. The van der Waals surface area contributed by atoms with E-state index in [9.17, 15) is 5.11 Å². The van der Waals surface area contributed by atoms with E-state index in [2.05, 4.69) is 20.9 Å². The molecule has 0 saturated heterocycles. The highest BCUT2D eigenvalue weighted by Gasteiger charge is 2.12. The summed E-state index contributed by atoms with van der Waals surface area (Å²) in [5.74, 6) is 0.884. The lowest BCUT2D eigenvalue weighted by Crippen LogP contribution is -2.25. The lowest BCUT2D eigenvalue weighted by molar-refractivity contribution is 0.162. The van der Waals surface area contributed by atoms with Crippen molar-refractivity contribution in [3.05, 3.63) is 28.5 Å². The third-order valence-corrected chi connectivity index (χ3v) is 3.21. The van der Waals surface area contributed by atoms with Gasteiger partial charge in [0.25, 0.3) is 0 Å². The van der Waals surface area contributed by atoms with Crippen molar-refractivity contribution in [1.29, 1.82) is 0 Å². The number of fused-ring (bicyclic) bond motifs is 1. The fraction of sp³-hybridized carbons (Fsp3) is 0.364. The van der Waals surface area contributed by atoms with Crippen molar-refractivity contribution in [3.8, 4) is 0 Å². The van der Waals surface area contributed by atoms with Gasteiger partial charge in [0.2, 0.25) is 0 Å². The van der Waals surface area contributed by atoms with Crippen LogP contribution in [0.4, 0.5) is 0 Å². The first kappa shape index (κ1) is 11.6. The molecule has 0 saturated carbocycles. The van der Waals surface area contributed by atoms with Crippen LogP contribution in [0.2, 0.25) is 0 Å². The van der Waals surface area contributed by atoms with Gasteiger partial charge in [-0.15, -0.1) is 0 Å². The minimum atomic E-state index is -0.539. The summed E-state index contributed by atoms with van der Waals surface area (Å²) in [4.78, 5) is 4.44. The average Bonchev–Trinajstić information content (AvgIpc) is 2.56. The standard InChI is InChI=1S/C11H14BrN3O/c1-7-14-10-4-2-3-9(12)11(10)15(7)6-8(16)5-13/h2-4,8,16H,5-6,13H2,1H3. The Kier molecular flexibility index (Phi) is 3.28. The van der Waals surface area contributed by atoms with Crippen LogP contribution in [0.5, 0.6) is 0 Å². The molecular formula is C11H14BrN3O. The molecule has 0 radical (unpaired) electrons. The van der Waals surface area contributed by atoms with Crippen LogP contribution >= 0.6 is 15.9 Å². The van der Waals surface area contributed by atoms with E-state index in [0.29, 0.717) is 6.54 Å². The number of aryl methyl sites for hydroxylation is 1. The SMILES string of the molecule is Cc1nc2cccc(Br)c2n1CC(O)CN. The van der Waals surface area contributed by atoms with Crippen molar-refractivity contribution < 1.29 is 5.11 Å². The number of halogens is 1. The van der Waals surface area contributed by atoms with E-state index >= 15 is 0 Å². The van der Waals surface area contributed by atoms with Crippen molar-refractivity contribution in [3.63, 3.8) is 0 Å². The predicted molar refractivity (Wildman–Crippen MR) is 67.2 cm³/mol. The number of aliphatic hydroxyl groups excluding tert-OH is 1. The zero-order chi connectivity index (χ0) is 11.7. The molecule has 0 aliphatic rings. The molecule has 0 spiro atoms. The van der Waals surface area contributed by atoms with Gasteiger partial charge < -0.3 is 15.4 Å². The minimum absolute atomic E-state index is 0.254. The molecule has 3 N–H and O–H groups in total. The smallest absolute Gasteiger partial charge is 0.106 e. The van der Waals surface area contributed by atoms with Crippen LogP contribution in [0.3, 0.4) is 0 Å². The molecule has 2 aromatic rings. The molecule has 0 aliphatic carbocycles. The fourth-order valence-electron chi connectivity index (χ4n) is 1.77. The van der Waals surface area contributed by atoms with Gasteiger partial charge in [0.1, 0.15) is 5.82 Å². The number of para-hydroxylation sites is 1. The molecule has 86 valence electrons. The molecule has 4 nitrogen and oxygen atoms in total. The Hall–Kier alpha value is -0.910. The first-order valence-electron chi connectivity index (χ1n) is 5.13. The molecule has 1 aromatic heterocycles. The number of hydrogen-bond donors (Lipinski definition) is 2. The van der Waals surface area contributed by atoms with E-state index in [0.717, 1.165) is 21.3 Å². The first-order valence-corrected chi connectivity index (χ1v) is 5.92. The Bertz CT molecular complexity index is 509. The zero-order valence-corrected chi connectivity index (χ0v) is 10.6. The second-order valence-corrected chi connectivity index (χ2v) is 4.62. The molecule has 0 amide bonds. The van der Waals surface area contributed by atoms with E-state index in [1.807, 2.05) is 29.7 Å². The number of hydrogen-bond acceptors (Lipinski definition) is 3. The summed E-state index contributed by atoms with van der Waals surface area (Å²) in [5.41, 5.74) is 7.36. The van der Waals surface area contributed by atoms with Crippen LogP contribution in [0.1, 0.15) is 5.82 Å². The second kappa shape index (κ2) is 4.53. The number of imidazole rings is 1.